The number of nitrogens with zero attached hydrogens (tertiary/aromatic N) is 3. The molecule has 0 spiro atoms. The number of halogens is 2. The summed E-state index contributed by atoms with van der Waals surface area (Å²) >= 11 is 12.5. The highest BCUT2D eigenvalue weighted by atomic mass is 35.5. The number of carbonyl (C=O) groups excluding carboxylic acids is 1. The highest BCUT2D eigenvalue weighted by Crippen LogP contribution is 2.35. The van der Waals surface area contributed by atoms with Gasteiger partial charge in [-0.2, -0.15) is 4.31 Å². The number of benzene rings is 2. The fourth-order valence-corrected chi connectivity index (χ4v) is 6.28. The van der Waals surface area contributed by atoms with Gasteiger partial charge in [-0.15, -0.1) is 0 Å². The van der Waals surface area contributed by atoms with Gasteiger partial charge in [0.2, 0.25) is 15.9 Å². The third kappa shape index (κ3) is 6.72. The Morgan fingerprint density at radius 2 is 1.89 bits per heavy atom. The first-order valence-corrected chi connectivity index (χ1v) is 14.5. The summed E-state index contributed by atoms with van der Waals surface area (Å²) in [6, 6.07) is 12.9. The van der Waals surface area contributed by atoms with Crippen LogP contribution in [-0.2, 0) is 26.8 Å². The SMILES string of the molecule is COc1cccc(CN(C)C(=O)C(C)(CCN2CCN(S(C)(=O)=O)[C@@H](C)C2)c2ccc(Cl)c(Cl)c2)c1. The van der Waals surface area contributed by atoms with Crippen LogP contribution in [0.2, 0.25) is 10.0 Å². The molecule has 1 amide bonds. The van der Waals surface area contributed by atoms with E-state index in [-0.39, 0.29) is 11.9 Å². The van der Waals surface area contributed by atoms with Crippen molar-refractivity contribution in [3.05, 3.63) is 63.6 Å². The Balaban J connectivity index is 1.82. The van der Waals surface area contributed by atoms with Gasteiger partial charge in [0.15, 0.2) is 0 Å². The zero-order valence-electron chi connectivity index (χ0n) is 21.5. The molecule has 1 unspecified atom stereocenters. The van der Waals surface area contributed by atoms with Crippen molar-refractivity contribution in [2.24, 2.45) is 0 Å². The van der Waals surface area contributed by atoms with Gasteiger partial charge in [-0.05, 0) is 62.2 Å². The van der Waals surface area contributed by atoms with E-state index in [0.717, 1.165) is 16.9 Å². The first-order chi connectivity index (χ1) is 16.8. The second-order valence-corrected chi connectivity index (χ2v) is 12.5. The molecular formula is C26H35Cl2N3O4S. The molecular weight excluding hydrogens is 521 g/mol. The van der Waals surface area contributed by atoms with Gasteiger partial charge in [-0.1, -0.05) is 41.4 Å². The van der Waals surface area contributed by atoms with Gasteiger partial charge in [0.05, 0.1) is 28.8 Å². The molecule has 3 rings (SSSR count). The highest BCUT2D eigenvalue weighted by molar-refractivity contribution is 7.88. The van der Waals surface area contributed by atoms with Crippen LogP contribution >= 0.6 is 23.2 Å². The normalized spacial score (nSPS) is 19.0. The number of carbonyl (C=O) groups is 1. The van der Waals surface area contributed by atoms with Crippen LogP contribution < -0.4 is 4.74 Å². The molecule has 10 heteroatoms. The van der Waals surface area contributed by atoms with Gasteiger partial charge in [0.25, 0.3) is 0 Å². The molecule has 1 fully saturated rings. The van der Waals surface area contributed by atoms with E-state index in [4.69, 9.17) is 27.9 Å². The van der Waals surface area contributed by atoms with Gasteiger partial charge in [-0.3, -0.25) is 4.79 Å². The van der Waals surface area contributed by atoms with Crippen molar-refractivity contribution in [1.82, 2.24) is 14.1 Å². The summed E-state index contributed by atoms with van der Waals surface area (Å²) in [7, 11) is 0.170. The lowest BCUT2D eigenvalue weighted by Crippen LogP contribution is -2.54. The van der Waals surface area contributed by atoms with Crippen molar-refractivity contribution in [3.8, 4) is 5.75 Å². The van der Waals surface area contributed by atoms with E-state index in [2.05, 4.69) is 4.90 Å². The first-order valence-electron chi connectivity index (χ1n) is 11.9. The maximum Gasteiger partial charge on any atom is 0.233 e. The minimum atomic E-state index is -3.24. The molecule has 0 aromatic heterocycles. The number of amides is 1. The van der Waals surface area contributed by atoms with Crippen molar-refractivity contribution >= 4 is 39.1 Å². The van der Waals surface area contributed by atoms with E-state index < -0.39 is 15.4 Å². The van der Waals surface area contributed by atoms with Gasteiger partial charge in [0, 0.05) is 39.3 Å². The molecule has 198 valence electrons. The lowest BCUT2D eigenvalue weighted by molar-refractivity contribution is -0.136. The summed E-state index contributed by atoms with van der Waals surface area (Å²) < 4.78 is 31.0. The molecule has 2 aromatic carbocycles. The first kappa shape index (κ1) is 28.7. The van der Waals surface area contributed by atoms with Gasteiger partial charge < -0.3 is 14.5 Å². The van der Waals surface area contributed by atoms with Crippen molar-refractivity contribution < 1.29 is 17.9 Å². The van der Waals surface area contributed by atoms with E-state index in [1.807, 2.05) is 44.2 Å². The smallest absolute Gasteiger partial charge is 0.233 e. The number of hydrogen-bond donors (Lipinski definition) is 0. The van der Waals surface area contributed by atoms with Crippen LogP contribution in [0.4, 0.5) is 0 Å². The van der Waals surface area contributed by atoms with Crippen LogP contribution in [0.25, 0.3) is 0 Å². The van der Waals surface area contributed by atoms with Gasteiger partial charge in [-0.25, -0.2) is 8.42 Å². The van der Waals surface area contributed by atoms with Crippen molar-refractivity contribution in [2.45, 2.75) is 38.3 Å². The van der Waals surface area contributed by atoms with Crippen LogP contribution in [0.1, 0.15) is 31.4 Å². The molecule has 1 heterocycles. The van der Waals surface area contributed by atoms with Gasteiger partial charge in [0.1, 0.15) is 5.75 Å². The molecule has 0 radical (unpaired) electrons. The zero-order chi connectivity index (χ0) is 26.7. The molecule has 1 saturated heterocycles. The maximum absolute atomic E-state index is 14.0. The van der Waals surface area contributed by atoms with Gasteiger partial charge >= 0.3 is 0 Å². The average Bonchev–Trinajstić information content (AvgIpc) is 2.83. The summed E-state index contributed by atoms with van der Waals surface area (Å²) in [5.74, 6) is 0.703. The molecule has 36 heavy (non-hydrogen) atoms. The van der Waals surface area contributed by atoms with E-state index in [1.165, 1.54) is 10.6 Å². The van der Waals surface area contributed by atoms with Crippen molar-refractivity contribution in [1.29, 1.82) is 0 Å². The van der Waals surface area contributed by atoms with E-state index in [0.29, 0.717) is 49.2 Å². The predicted octanol–water partition coefficient (Wildman–Crippen LogP) is 4.27. The Labute approximate surface area is 225 Å². The Morgan fingerprint density at radius 3 is 2.50 bits per heavy atom. The quantitative estimate of drug-likeness (QED) is 0.462. The van der Waals surface area contributed by atoms with Crippen molar-refractivity contribution in [2.75, 3.05) is 46.6 Å². The van der Waals surface area contributed by atoms with Crippen molar-refractivity contribution in [3.63, 3.8) is 0 Å². The number of methoxy groups -OCH3 is 1. The van der Waals surface area contributed by atoms with Crippen LogP contribution in [0.15, 0.2) is 42.5 Å². The lowest BCUT2D eigenvalue weighted by atomic mass is 9.77. The Kier molecular flexibility index (Phi) is 9.33. The molecule has 0 saturated carbocycles. The standard InChI is InChI=1S/C26H35Cl2N3O4S/c1-19-17-30(13-14-31(19)36(5,33)34)12-11-26(2,21-9-10-23(27)24(28)16-21)25(32)29(3)18-20-7-6-8-22(15-20)35-4/h6-10,15-16,19H,11-14,17-18H2,1-5H3/t19-,26?/m0/s1. The predicted molar refractivity (Wildman–Crippen MR) is 145 cm³/mol. The number of likely N-dealkylation sites (N-methyl/N-ethyl adjacent to an activating group) is 1. The largest absolute Gasteiger partial charge is 0.497 e. The Hall–Kier alpha value is -1.84. The summed E-state index contributed by atoms with van der Waals surface area (Å²) in [6.07, 6.45) is 1.79. The van der Waals surface area contributed by atoms with Crippen LogP contribution in [0, 0.1) is 0 Å². The number of sulfonamides is 1. The summed E-state index contributed by atoms with van der Waals surface area (Å²) in [5, 5.41) is 0.838. The fourth-order valence-electron chi connectivity index (χ4n) is 4.85. The molecule has 7 nitrogen and oxygen atoms in total. The minimum absolute atomic E-state index is 0.0356. The molecule has 0 bridgehead atoms. The topological polar surface area (TPSA) is 70.2 Å². The molecule has 2 aromatic rings. The molecule has 2 atom stereocenters. The highest BCUT2D eigenvalue weighted by Gasteiger charge is 2.39. The number of hydrogen-bond acceptors (Lipinski definition) is 5. The molecule has 1 aliphatic rings. The second-order valence-electron chi connectivity index (χ2n) is 9.75. The molecule has 1 aliphatic heterocycles. The fraction of sp³-hybridized carbons (Fsp3) is 0.500. The summed E-state index contributed by atoms with van der Waals surface area (Å²) in [6.45, 7) is 6.58. The monoisotopic (exact) mass is 555 g/mol. The molecule has 0 aliphatic carbocycles. The van der Waals surface area contributed by atoms with E-state index in [9.17, 15) is 13.2 Å². The second kappa shape index (κ2) is 11.7. The number of ether oxygens (including phenoxy) is 1. The third-order valence-corrected chi connectivity index (χ3v) is 9.07. The summed E-state index contributed by atoms with van der Waals surface area (Å²) in [5.41, 5.74) is 0.897. The molecule has 0 N–H and O–H groups in total. The zero-order valence-corrected chi connectivity index (χ0v) is 23.8. The summed E-state index contributed by atoms with van der Waals surface area (Å²) in [4.78, 5) is 17.9. The third-order valence-electron chi connectivity index (χ3n) is 6.93. The van der Waals surface area contributed by atoms with E-state index in [1.54, 1.807) is 31.2 Å². The van der Waals surface area contributed by atoms with Crippen LogP contribution in [0.3, 0.4) is 0 Å². The number of rotatable bonds is 9. The maximum atomic E-state index is 14.0. The lowest BCUT2D eigenvalue weighted by Gasteiger charge is -2.40. The minimum Gasteiger partial charge on any atom is -0.497 e. The Morgan fingerprint density at radius 1 is 1.17 bits per heavy atom. The average molecular weight is 557 g/mol. The van der Waals surface area contributed by atoms with Crippen LogP contribution in [-0.4, -0.2) is 81.1 Å². The van der Waals surface area contributed by atoms with Crippen LogP contribution in [0.5, 0.6) is 5.75 Å². The Bertz CT molecular complexity index is 1190. The van der Waals surface area contributed by atoms with E-state index >= 15 is 0 Å². The number of piperazine rings is 1.